The molecule has 0 radical (unpaired) electrons. The molecule has 2 rings (SSSR count). The molecule has 5 heteroatoms. The first kappa shape index (κ1) is 14.3. The third-order valence-corrected chi connectivity index (χ3v) is 3.28. The number of ketones is 1. The SMILES string of the molecule is CC(=O)c1c[nH]c(C(=O)O[C@H](C)c2ccccc2Cl)c1. The summed E-state index contributed by atoms with van der Waals surface area (Å²) in [6.07, 6.45) is 1.01. The van der Waals surface area contributed by atoms with E-state index in [1.165, 1.54) is 19.2 Å². The lowest BCUT2D eigenvalue weighted by Gasteiger charge is -2.14. The summed E-state index contributed by atoms with van der Waals surface area (Å²) in [6, 6.07) is 8.65. The molecule has 1 heterocycles. The molecule has 1 aromatic heterocycles. The molecule has 2 aromatic rings. The zero-order chi connectivity index (χ0) is 14.7. The van der Waals surface area contributed by atoms with Crippen molar-refractivity contribution >= 4 is 23.4 Å². The van der Waals surface area contributed by atoms with Gasteiger partial charge in [0.05, 0.1) is 0 Å². The van der Waals surface area contributed by atoms with E-state index in [4.69, 9.17) is 16.3 Å². The van der Waals surface area contributed by atoms with Gasteiger partial charge < -0.3 is 9.72 Å². The number of esters is 1. The molecule has 0 amide bonds. The highest BCUT2D eigenvalue weighted by atomic mass is 35.5. The molecular weight excluding hydrogens is 278 g/mol. The van der Waals surface area contributed by atoms with Crippen LogP contribution in [0.5, 0.6) is 0 Å². The van der Waals surface area contributed by atoms with E-state index in [0.29, 0.717) is 10.6 Å². The van der Waals surface area contributed by atoms with Crippen molar-refractivity contribution in [1.29, 1.82) is 0 Å². The Morgan fingerprint density at radius 2 is 2.00 bits per heavy atom. The minimum atomic E-state index is -0.523. The van der Waals surface area contributed by atoms with Crippen LogP contribution in [0.4, 0.5) is 0 Å². The van der Waals surface area contributed by atoms with Gasteiger partial charge in [0.15, 0.2) is 5.78 Å². The van der Waals surface area contributed by atoms with Gasteiger partial charge in [0.1, 0.15) is 11.8 Å². The molecule has 0 bridgehead atoms. The van der Waals surface area contributed by atoms with E-state index in [2.05, 4.69) is 4.98 Å². The molecule has 1 N–H and O–H groups in total. The van der Waals surface area contributed by atoms with E-state index in [0.717, 1.165) is 5.56 Å². The van der Waals surface area contributed by atoms with Crippen molar-refractivity contribution in [3.8, 4) is 0 Å². The molecular formula is C15H14ClNO3. The third kappa shape index (κ3) is 3.08. The van der Waals surface area contributed by atoms with Crippen LogP contribution >= 0.6 is 11.6 Å². The second-order valence-corrected chi connectivity index (χ2v) is 4.83. The first-order valence-electron chi connectivity index (χ1n) is 6.14. The second-order valence-electron chi connectivity index (χ2n) is 4.43. The smallest absolute Gasteiger partial charge is 0.355 e. The summed E-state index contributed by atoms with van der Waals surface area (Å²) in [5, 5.41) is 0.545. The van der Waals surface area contributed by atoms with E-state index in [-0.39, 0.29) is 11.5 Å². The number of Topliss-reactive ketones (excluding diaryl/α,β-unsaturated/α-hetero) is 1. The second kappa shape index (κ2) is 5.92. The number of aromatic nitrogens is 1. The Morgan fingerprint density at radius 3 is 2.60 bits per heavy atom. The summed E-state index contributed by atoms with van der Waals surface area (Å²) >= 11 is 6.05. The van der Waals surface area contributed by atoms with Crippen molar-refractivity contribution in [1.82, 2.24) is 4.98 Å². The lowest BCUT2D eigenvalue weighted by Crippen LogP contribution is -2.10. The molecule has 104 valence electrons. The van der Waals surface area contributed by atoms with E-state index in [1.807, 2.05) is 12.1 Å². The Kier molecular flexibility index (Phi) is 4.25. The lowest BCUT2D eigenvalue weighted by molar-refractivity contribution is 0.0332. The number of benzene rings is 1. The minimum absolute atomic E-state index is 0.112. The minimum Gasteiger partial charge on any atom is -0.453 e. The molecule has 0 unspecified atom stereocenters. The molecule has 1 aromatic carbocycles. The van der Waals surface area contributed by atoms with Crippen LogP contribution in [0.3, 0.4) is 0 Å². The van der Waals surface area contributed by atoms with Crippen LogP contribution in [0.1, 0.15) is 46.4 Å². The van der Waals surface area contributed by atoms with Crippen LogP contribution in [-0.2, 0) is 4.74 Å². The summed E-state index contributed by atoms with van der Waals surface area (Å²) < 4.78 is 5.33. The monoisotopic (exact) mass is 291 g/mol. The zero-order valence-corrected chi connectivity index (χ0v) is 11.9. The van der Waals surface area contributed by atoms with E-state index < -0.39 is 12.1 Å². The molecule has 0 spiro atoms. The number of carbonyl (C=O) groups excluding carboxylic acids is 2. The number of carbonyl (C=O) groups is 2. The van der Waals surface area contributed by atoms with Crippen LogP contribution in [0, 0.1) is 0 Å². The van der Waals surface area contributed by atoms with Crippen molar-refractivity contribution in [3.05, 3.63) is 58.4 Å². The number of ether oxygens (including phenoxy) is 1. The van der Waals surface area contributed by atoms with Crippen molar-refractivity contribution in [2.75, 3.05) is 0 Å². The highest BCUT2D eigenvalue weighted by Gasteiger charge is 2.17. The molecule has 0 aliphatic rings. The summed E-state index contributed by atoms with van der Waals surface area (Å²) in [5.41, 5.74) is 1.43. The molecule has 1 atom stereocenters. The Hall–Kier alpha value is -2.07. The number of rotatable bonds is 4. The Bertz CT molecular complexity index is 648. The average molecular weight is 292 g/mol. The number of H-pyrrole nitrogens is 1. The van der Waals surface area contributed by atoms with Gasteiger partial charge in [0.2, 0.25) is 0 Å². The number of halogens is 1. The molecule has 20 heavy (non-hydrogen) atoms. The highest BCUT2D eigenvalue weighted by molar-refractivity contribution is 6.31. The van der Waals surface area contributed by atoms with Crippen LogP contribution in [0.25, 0.3) is 0 Å². The van der Waals surface area contributed by atoms with Gasteiger partial charge in [-0.25, -0.2) is 4.79 Å². The highest BCUT2D eigenvalue weighted by Crippen LogP contribution is 2.25. The van der Waals surface area contributed by atoms with Crippen LogP contribution in [0.2, 0.25) is 5.02 Å². The largest absolute Gasteiger partial charge is 0.453 e. The Labute approximate surface area is 121 Å². The van der Waals surface area contributed by atoms with Gasteiger partial charge in [-0.15, -0.1) is 0 Å². The number of hydrogen-bond donors (Lipinski definition) is 1. The Balaban J connectivity index is 2.11. The standard InChI is InChI=1S/C15H14ClNO3/c1-9(18)11-7-14(17-8-11)15(19)20-10(2)12-5-3-4-6-13(12)16/h3-8,10,17H,1-2H3/t10-/m1/s1. The fourth-order valence-electron chi connectivity index (χ4n) is 1.81. The fraction of sp³-hybridized carbons (Fsp3) is 0.200. The quantitative estimate of drug-likeness (QED) is 0.689. The first-order valence-corrected chi connectivity index (χ1v) is 6.51. The summed E-state index contributed by atoms with van der Waals surface area (Å²) in [6.45, 7) is 3.18. The van der Waals surface area contributed by atoms with Crippen molar-refractivity contribution in [2.24, 2.45) is 0 Å². The van der Waals surface area contributed by atoms with Gasteiger partial charge in [-0.1, -0.05) is 29.8 Å². The molecule has 0 aliphatic heterocycles. The van der Waals surface area contributed by atoms with E-state index in [1.54, 1.807) is 19.1 Å². The summed E-state index contributed by atoms with van der Waals surface area (Å²) in [4.78, 5) is 25.9. The molecule has 0 aliphatic carbocycles. The lowest BCUT2D eigenvalue weighted by atomic mass is 10.1. The topological polar surface area (TPSA) is 59.2 Å². The molecule has 0 saturated carbocycles. The van der Waals surface area contributed by atoms with Crippen molar-refractivity contribution < 1.29 is 14.3 Å². The number of aromatic amines is 1. The average Bonchev–Trinajstić information content (AvgIpc) is 2.88. The van der Waals surface area contributed by atoms with Crippen LogP contribution in [0.15, 0.2) is 36.5 Å². The maximum absolute atomic E-state index is 12.0. The van der Waals surface area contributed by atoms with Gasteiger partial charge in [0, 0.05) is 22.3 Å². The van der Waals surface area contributed by atoms with Gasteiger partial charge in [-0.05, 0) is 26.0 Å². The maximum atomic E-state index is 12.0. The third-order valence-electron chi connectivity index (χ3n) is 2.94. The summed E-state index contributed by atoms with van der Waals surface area (Å²) in [5.74, 6) is -0.635. The summed E-state index contributed by atoms with van der Waals surface area (Å²) in [7, 11) is 0. The van der Waals surface area contributed by atoms with E-state index >= 15 is 0 Å². The van der Waals surface area contributed by atoms with Gasteiger partial charge in [-0.3, -0.25) is 4.79 Å². The molecule has 0 saturated heterocycles. The predicted molar refractivity (Wildman–Crippen MR) is 76.1 cm³/mol. The Morgan fingerprint density at radius 1 is 1.30 bits per heavy atom. The number of hydrogen-bond acceptors (Lipinski definition) is 3. The van der Waals surface area contributed by atoms with E-state index in [9.17, 15) is 9.59 Å². The number of nitrogens with one attached hydrogen (secondary N) is 1. The van der Waals surface area contributed by atoms with Crippen LogP contribution in [-0.4, -0.2) is 16.7 Å². The molecule has 0 fully saturated rings. The predicted octanol–water partition coefficient (Wildman–Crippen LogP) is 3.79. The normalized spacial score (nSPS) is 11.9. The van der Waals surface area contributed by atoms with Crippen molar-refractivity contribution in [3.63, 3.8) is 0 Å². The molecule has 4 nitrogen and oxygen atoms in total. The van der Waals surface area contributed by atoms with Gasteiger partial charge in [0.25, 0.3) is 0 Å². The van der Waals surface area contributed by atoms with Crippen molar-refractivity contribution in [2.45, 2.75) is 20.0 Å². The van der Waals surface area contributed by atoms with Crippen LogP contribution < -0.4 is 0 Å². The van der Waals surface area contributed by atoms with Gasteiger partial charge in [-0.2, -0.15) is 0 Å². The first-order chi connectivity index (χ1) is 9.49. The zero-order valence-electron chi connectivity index (χ0n) is 11.1. The maximum Gasteiger partial charge on any atom is 0.355 e. The fourth-order valence-corrected chi connectivity index (χ4v) is 2.10. The van der Waals surface area contributed by atoms with Gasteiger partial charge >= 0.3 is 5.97 Å².